The standard InChI is InChI=1S/C21H22FN3O2/c22-18-5-1-2-6-19(18)25-14-15(13-20(25)26)21(27)23-16-7-9-17(10-8-16)24-11-3-4-12-24/h1-2,5-10,15H,3-4,11-14H2,(H,23,27). The molecular weight excluding hydrogens is 345 g/mol. The van der Waals surface area contributed by atoms with Crippen molar-refractivity contribution in [1.29, 1.82) is 0 Å². The molecule has 2 fully saturated rings. The number of nitrogens with one attached hydrogen (secondary N) is 1. The Morgan fingerprint density at radius 3 is 2.44 bits per heavy atom. The lowest BCUT2D eigenvalue weighted by molar-refractivity contribution is -0.122. The molecule has 0 aromatic heterocycles. The van der Waals surface area contributed by atoms with Gasteiger partial charge in [0.2, 0.25) is 11.8 Å². The van der Waals surface area contributed by atoms with E-state index in [0.29, 0.717) is 5.69 Å². The van der Waals surface area contributed by atoms with Gasteiger partial charge in [-0.2, -0.15) is 0 Å². The van der Waals surface area contributed by atoms with Gasteiger partial charge in [0, 0.05) is 37.4 Å². The summed E-state index contributed by atoms with van der Waals surface area (Å²) in [5.74, 6) is -1.39. The lowest BCUT2D eigenvalue weighted by Crippen LogP contribution is -2.28. The van der Waals surface area contributed by atoms with E-state index in [1.54, 1.807) is 18.2 Å². The van der Waals surface area contributed by atoms with Crippen molar-refractivity contribution in [2.45, 2.75) is 19.3 Å². The van der Waals surface area contributed by atoms with E-state index < -0.39 is 11.7 Å². The van der Waals surface area contributed by atoms with E-state index in [2.05, 4.69) is 10.2 Å². The van der Waals surface area contributed by atoms with Crippen molar-refractivity contribution in [3.05, 3.63) is 54.3 Å². The number of carbonyl (C=O) groups excluding carboxylic acids is 2. The van der Waals surface area contributed by atoms with Crippen LogP contribution in [-0.2, 0) is 9.59 Å². The molecule has 2 aliphatic rings. The number of anilines is 3. The zero-order valence-corrected chi connectivity index (χ0v) is 15.0. The Hall–Kier alpha value is -2.89. The third kappa shape index (κ3) is 3.65. The number of amides is 2. The molecule has 2 aromatic carbocycles. The van der Waals surface area contributed by atoms with E-state index in [1.165, 1.54) is 23.8 Å². The molecule has 1 N–H and O–H groups in total. The fraction of sp³-hybridized carbons (Fsp3) is 0.333. The summed E-state index contributed by atoms with van der Waals surface area (Å²) >= 11 is 0. The number of rotatable bonds is 4. The third-order valence-corrected chi connectivity index (χ3v) is 5.25. The molecule has 5 nitrogen and oxygen atoms in total. The van der Waals surface area contributed by atoms with Crippen LogP contribution in [0.5, 0.6) is 0 Å². The number of carbonyl (C=O) groups is 2. The van der Waals surface area contributed by atoms with Crippen LogP contribution in [0.1, 0.15) is 19.3 Å². The summed E-state index contributed by atoms with van der Waals surface area (Å²) in [6, 6.07) is 13.9. The maximum Gasteiger partial charge on any atom is 0.229 e. The molecule has 0 saturated carbocycles. The molecule has 2 aromatic rings. The van der Waals surface area contributed by atoms with Gasteiger partial charge in [-0.05, 0) is 49.2 Å². The summed E-state index contributed by atoms with van der Waals surface area (Å²) in [4.78, 5) is 28.5. The minimum Gasteiger partial charge on any atom is -0.372 e. The minimum absolute atomic E-state index is 0.0893. The Balaban J connectivity index is 1.40. The average Bonchev–Trinajstić information content (AvgIpc) is 3.33. The summed E-state index contributed by atoms with van der Waals surface area (Å²) in [5, 5.41) is 2.88. The summed E-state index contributed by atoms with van der Waals surface area (Å²) in [6.45, 7) is 2.33. The zero-order chi connectivity index (χ0) is 18.8. The average molecular weight is 367 g/mol. The smallest absolute Gasteiger partial charge is 0.229 e. The van der Waals surface area contributed by atoms with Crippen LogP contribution in [0.15, 0.2) is 48.5 Å². The largest absolute Gasteiger partial charge is 0.372 e. The van der Waals surface area contributed by atoms with Gasteiger partial charge in [-0.25, -0.2) is 4.39 Å². The maximum absolute atomic E-state index is 14.0. The Bertz CT molecular complexity index is 847. The van der Waals surface area contributed by atoms with Crippen molar-refractivity contribution in [1.82, 2.24) is 0 Å². The summed E-state index contributed by atoms with van der Waals surface area (Å²) < 4.78 is 14.0. The van der Waals surface area contributed by atoms with Gasteiger partial charge < -0.3 is 15.1 Å². The number of benzene rings is 2. The van der Waals surface area contributed by atoms with E-state index >= 15 is 0 Å². The molecule has 4 rings (SSSR count). The van der Waals surface area contributed by atoms with Gasteiger partial charge >= 0.3 is 0 Å². The summed E-state index contributed by atoms with van der Waals surface area (Å²) in [7, 11) is 0. The number of hydrogen-bond acceptors (Lipinski definition) is 3. The van der Waals surface area contributed by atoms with E-state index in [-0.39, 0.29) is 30.5 Å². The van der Waals surface area contributed by atoms with E-state index in [1.807, 2.05) is 24.3 Å². The molecule has 2 amide bonds. The molecule has 0 aliphatic carbocycles. The number of hydrogen-bond donors (Lipinski definition) is 1. The summed E-state index contributed by atoms with van der Waals surface area (Å²) in [6.07, 6.45) is 2.52. The fourth-order valence-electron chi connectivity index (χ4n) is 3.76. The number of nitrogens with zero attached hydrogens (tertiary/aromatic N) is 2. The Morgan fingerprint density at radius 1 is 1.04 bits per heavy atom. The lowest BCUT2D eigenvalue weighted by atomic mass is 10.1. The molecular formula is C21H22FN3O2. The molecule has 6 heteroatoms. The second-order valence-corrected chi connectivity index (χ2v) is 7.09. The van der Waals surface area contributed by atoms with Crippen molar-refractivity contribution < 1.29 is 14.0 Å². The SMILES string of the molecule is O=C(Nc1ccc(N2CCCC2)cc1)C1CC(=O)N(c2ccccc2F)C1. The molecule has 2 saturated heterocycles. The van der Waals surface area contributed by atoms with Gasteiger partial charge in [0.05, 0.1) is 11.6 Å². The molecule has 2 aliphatic heterocycles. The highest BCUT2D eigenvalue weighted by molar-refractivity contribution is 6.03. The van der Waals surface area contributed by atoms with Crippen LogP contribution in [0.25, 0.3) is 0 Å². The topological polar surface area (TPSA) is 52.7 Å². The lowest BCUT2D eigenvalue weighted by Gasteiger charge is -2.18. The van der Waals surface area contributed by atoms with Crippen LogP contribution >= 0.6 is 0 Å². The second-order valence-electron chi connectivity index (χ2n) is 7.09. The Kier molecular flexibility index (Phi) is 4.79. The number of para-hydroxylation sites is 1. The first kappa shape index (κ1) is 17.5. The molecule has 2 heterocycles. The van der Waals surface area contributed by atoms with Crippen molar-refractivity contribution in [2.24, 2.45) is 5.92 Å². The quantitative estimate of drug-likeness (QED) is 0.901. The van der Waals surface area contributed by atoms with Crippen molar-refractivity contribution in [2.75, 3.05) is 34.8 Å². The van der Waals surface area contributed by atoms with Crippen LogP contribution < -0.4 is 15.1 Å². The highest BCUT2D eigenvalue weighted by Gasteiger charge is 2.36. The van der Waals surface area contributed by atoms with Crippen molar-refractivity contribution >= 4 is 28.9 Å². The fourth-order valence-corrected chi connectivity index (χ4v) is 3.76. The molecule has 27 heavy (non-hydrogen) atoms. The van der Waals surface area contributed by atoms with Gasteiger partial charge in [-0.3, -0.25) is 9.59 Å². The molecule has 0 spiro atoms. The van der Waals surface area contributed by atoms with Crippen molar-refractivity contribution in [3.8, 4) is 0 Å². The highest BCUT2D eigenvalue weighted by atomic mass is 19.1. The maximum atomic E-state index is 14.0. The minimum atomic E-state index is -0.490. The first-order chi connectivity index (χ1) is 13.1. The first-order valence-electron chi connectivity index (χ1n) is 9.32. The van der Waals surface area contributed by atoms with E-state index in [0.717, 1.165) is 18.8 Å². The van der Waals surface area contributed by atoms with Crippen LogP contribution in [0, 0.1) is 11.7 Å². The number of halogens is 1. The molecule has 140 valence electrons. The normalized spacial score (nSPS) is 19.6. The van der Waals surface area contributed by atoms with Gasteiger partial charge in [0.15, 0.2) is 0 Å². The van der Waals surface area contributed by atoms with Gasteiger partial charge in [0.1, 0.15) is 5.82 Å². The Morgan fingerprint density at radius 2 is 1.74 bits per heavy atom. The van der Waals surface area contributed by atoms with E-state index in [4.69, 9.17) is 0 Å². The molecule has 0 bridgehead atoms. The summed E-state index contributed by atoms with van der Waals surface area (Å²) in [5.41, 5.74) is 2.10. The predicted octanol–water partition coefficient (Wildman–Crippen LogP) is 3.42. The van der Waals surface area contributed by atoms with Crippen LogP contribution in [0.3, 0.4) is 0 Å². The second kappa shape index (κ2) is 7.39. The Labute approximate surface area is 157 Å². The third-order valence-electron chi connectivity index (χ3n) is 5.25. The van der Waals surface area contributed by atoms with Gasteiger partial charge in [-0.15, -0.1) is 0 Å². The van der Waals surface area contributed by atoms with Crippen LogP contribution in [0.2, 0.25) is 0 Å². The van der Waals surface area contributed by atoms with Crippen LogP contribution in [-0.4, -0.2) is 31.4 Å². The molecule has 1 atom stereocenters. The van der Waals surface area contributed by atoms with Crippen LogP contribution in [0.4, 0.5) is 21.5 Å². The monoisotopic (exact) mass is 367 g/mol. The predicted molar refractivity (Wildman–Crippen MR) is 103 cm³/mol. The first-order valence-corrected chi connectivity index (χ1v) is 9.32. The van der Waals surface area contributed by atoms with Gasteiger partial charge in [-0.1, -0.05) is 12.1 Å². The molecule has 1 unspecified atom stereocenters. The zero-order valence-electron chi connectivity index (χ0n) is 15.0. The van der Waals surface area contributed by atoms with Gasteiger partial charge in [0.25, 0.3) is 0 Å². The van der Waals surface area contributed by atoms with E-state index in [9.17, 15) is 14.0 Å². The molecule has 0 radical (unpaired) electrons. The highest BCUT2D eigenvalue weighted by Crippen LogP contribution is 2.28. The van der Waals surface area contributed by atoms with Crippen molar-refractivity contribution in [3.63, 3.8) is 0 Å².